The number of likely N-dealkylation sites (tertiary alicyclic amines) is 1. The highest BCUT2D eigenvalue weighted by Gasteiger charge is 2.24. The average Bonchev–Trinajstić information content (AvgIpc) is 3.30. The van der Waals surface area contributed by atoms with E-state index in [2.05, 4.69) is 34.4 Å². The van der Waals surface area contributed by atoms with Crippen LogP contribution < -0.4 is 4.74 Å². The Morgan fingerprint density at radius 2 is 2.03 bits per heavy atom. The van der Waals surface area contributed by atoms with Gasteiger partial charge in [0.05, 0.1) is 17.0 Å². The molecule has 0 saturated carbocycles. The number of halogens is 1. The fourth-order valence-corrected chi connectivity index (χ4v) is 5.21. The third-order valence-corrected chi connectivity index (χ3v) is 7.35. The van der Waals surface area contributed by atoms with Gasteiger partial charge in [-0.1, -0.05) is 29.8 Å². The van der Waals surface area contributed by atoms with Gasteiger partial charge >= 0.3 is 5.97 Å². The van der Waals surface area contributed by atoms with E-state index in [-0.39, 0.29) is 12.0 Å². The molecule has 180 valence electrons. The van der Waals surface area contributed by atoms with Crippen molar-refractivity contribution in [3.63, 3.8) is 0 Å². The van der Waals surface area contributed by atoms with E-state index >= 15 is 0 Å². The zero-order chi connectivity index (χ0) is 24.2. The van der Waals surface area contributed by atoms with Crippen LogP contribution in [0, 0.1) is 12.8 Å². The first-order chi connectivity index (χ1) is 16.3. The largest absolute Gasteiger partial charge is 0.489 e. The molecule has 2 heterocycles. The lowest BCUT2D eigenvalue weighted by atomic mass is 9.96. The van der Waals surface area contributed by atoms with Gasteiger partial charge in [0.15, 0.2) is 5.82 Å². The van der Waals surface area contributed by atoms with Crippen molar-refractivity contribution in [3.05, 3.63) is 52.5 Å². The Bertz CT molecular complexity index is 1160. The van der Waals surface area contributed by atoms with Crippen molar-refractivity contribution in [2.45, 2.75) is 46.1 Å². The third kappa shape index (κ3) is 5.77. The average molecular weight is 500 g/mol. The quantitative estimate of drug-likeness (QED) is 0.412. The molecule has 34 heavy (non-hydrogen) atoms. The summed E-state index contributed by atoms with van der Waals surface area (Å²) in [6, 6.07) is 12.0. The van der Waals surface area contributed by atoms with E-state index in [0.29, 0.717) is 10.8 Å². The van der Waals surface area contributed by atoms with E-state index in [9.17, 15) is 9.90 Å². The van der Waals surface area contributed by atoms with Crippen LogP contribution in [0.2, 0.25) is 5.02 Å². The second-order valence-electron chi connectivity index (χ2n) is 9.03. The molecule has 0 atom stereocenters. The molecule has 0 spiro atoms. The molecule has 8 heteroatoms. The molecule has 0 unspecified atom stereocenters. The minimum Gasteiger partial charge on any atom is -0.489 e. The number of carboxylic acids is 1. The predicted molar refractivity (Wildman–Crippen MR) is 137 cm³/mol. The number of hydrogen-bond donors (Lipinski definition) is 1. The monoisotopic (exact) mass is 499 g/mol. The Hall–Kier alpha value is -2.48. The minimum absolute atomic E-state index is 0.0586. The summed E-state index contributed by atoms with van der Waals surface area (Å²) in [6.07, 6.45) is 2.44. The molecule has 1 aromatic heterocycles. The van der Waals surface area contributed by atoms with Crippen molar-refractivity contribution in [1.82, 2.24) is 14.3 Å². The first kappa shape index (κ1) is 24.6. The van der Waals surface area contributed by atoms with Crippen molar-refractivity contribution in [3.8, 4) is 27.7 Å². The zero-order valence-electron chi connectivity index (χ0n) is 19.8. The molecule has 1 fully saturated rings. The van der Waals surface area contributed by atoms with Crippen LogP contribution >= 0.6 is 23.1 Å². The second-order valence-corrected chi connectivity index (χ2v) is 10.2. The van der Waals surface area contributed by atoms with Gasteiger partial charge in [0.2, 0.25) is 0 Å². The standard InChI is InChI=1S/C26H30ClN3O3S/c1-16(2)33-23-8-7-20(15-22(23)27)25-28-24(29-34-25)21-6-4-5-18(17(21)3)9-12-30-13-10-19(11-14-30)26(31)32/h4-8,15-16,19H,9-14H2,1-3H3,(H,31,32). The lowest BCUT2D eigenvalue weighted by molar-refractivity contribution is -0.143. The summed E-state index contributed by atoms with van der Waals surface area (Å²) in [5.41, 5.74) is 4.41. The minimum atomic E-state index is -0.666. The fourth-order valence-electron chi connectivity index (χ4n) is 4.31. The molecular formula is C26H30ClN3O3S. The summed E-state index contributed by atoms with van der Waals surface area (Å²) in [5, 5.41) is 10.6. The number of aliphatic carboxylic acids is 1. The molecule has 0 bridgehead atoms. The molecule has 4 rings (SSSR count). The van der Waals surface area contributed by atoms with Crippen molar-refractivity contribution < 1.29 is 14.6 Å². The van der Waals surface area contributed by atoms with Crippen LogP contribution in [0.1, 0.15) is 37.8 Å². The van der Waals surface area contributed by atoms with E-state index < -0.39 is 5.97 Å². The number of nitrogens with zero attached hydrogens (tertiary/aromatic N) is 3. The molecule has 6 nitrogen and oxygen atoms in total. The predicted octanol–water partition coefficient (Wildman–Crippen LogP) is 5.96. The Kier molecular flexibility index (Phi) is 7.86. The zero-order valence-corrected chi connectivity index (χ0v) is 21.3. The van der Waals surface area contributed by atoms with Gasteiger partial charge in [-0.05, 0) is 94.0 Å². The molecule has 0 amide bonds. The van der Waals surface area contributed by atoms with Crippen LogP contribution in [-0.4, -0.2) is 51.1 Å². The van der Waals surface area contributed by atoms with E-state index in [1.807, 2.05) is 32.0 Å². The Labute approximate surface area is 209 Å². The van der Waals surface area contributed by atoms with E-state index in [0.717, 1.165) is 60.9 Å². The summed E-state index contributed by atoms with van der Waals surface area (Å²) in [4.78, 5) is 18.3. The highest BCUT2D eigenvalue weighted by molar-refractivity contribution is 7.09. The summed E-state index contributed by atoms with van der Waals surface area (Å²) < 4.78 is 10.4. The maximum atomic E-state index is 11.2. The van der Waals surface area contributed by atoms with Gasteiger partial charge in [0.1, 0.15) is 10.8 Å². The molecule has 0 radical (unpaired) electrons. The molecule has 1 aliphatic rings. The molecule has 2 aromatic carbocycles. The van der Waals surface area contributed by atoms with Crippen LogP contribution in [0.5, 0.6) is 5.75 Å². The maximum Gasteiger partial charge on any atom is 0.306 e. The van der Waals surface area contributed by atoms with Gasteiger partial charge in [0.25, 0.3) is 0 Å². The number of hydrogen-bond acceptors (Lipinski definition) is 6. The topological polar surface area (TPSA) is 75.6 Å². The second kappa shape index (κ2) is 10.8. The molecule has 1 N–H and O–H groups in total. The highest BCUT2D eigenvalue weighted by atomic mass is 35.5. The smallest absolute Gasteiger partial charge is 0.306 e. The van der Waals surface area contributed by atoms with Gasteiger partial charge in [0, 0.05) is 17.7 Å². The van der Waals surface area contributed by atoms with Crippen molar-refractivity contribution >= 4 is 29.1 Å². The molecule has 3 aromatic rings. The Balaban J connectivity index is 1.45. The van der Waals surface area contributed by atoms with Gasteiger partial charge in [-0.25, -0.2) is 4.98 Å². The van der Waals surface area contributed by atoms with Gasteiger partial charge < -0.3 is 14.7 Å². The number of rotatable bonds is 8. The lowest BCUT2D eigenvalue weighted by Gasteiger charge is -2.30. The molecule has 1 saturated heterocycles. The number of carbonyl (C=O) groups is 1. The Morgan fingerprint density at radius 3 is 2.71 bits per heavy atom. The highest BCUT2D eigenvalue weighted by Crippen LogP contribution is 2.34. The van der Waals surface area contributed by atoms with Crippen LogP contribution in [-0.2, 0) is 11.2 Å². The lowest BCUT2D eigenvalue weighted by Crippen LogP contribution is -2.37. The number of carboxylic acid groups (broad SMARTS) is 1. The summed E-state index contributed by atoms with van der Waals surface area (Å²) in [6.45, 7) is 8.68. The van der Waals surface area contributed by atoms with Crippen molar-refractivity contribution in [2.24, 2.45) is 5.92 Å². The summed E-state index contributed by atoms with van der Waals surface area (Å²) >= 11 is 7.78. The molecule has 0 aliphatic carbocycles. The summed E-state index contributed by atoms with van der Waals surface area (Å²) in [5.74, 6) is 0.529. The van der Waals surface area contributed by atoms with Crippen LogP contribution in [0.25, 0.3) is 22.0 Å². The Morgan fingerprint density at radius 1 is 1.26 bits per heavy atom. The van der Waals surface area contributed by atoms with Gasteiger partial charge in [-0.3, -0.25) is 4.79 Å². The van der Waals surface area contributed by atoms with E-state index in [1.54, 1.807) is 0 Å². The van der Waals surface area contributed by atoms with E-state index in [4.69, 9.17) is 21.3 Å². The number of ether oxygens (including phenoxy) is 1. The molecular weight excluding hydrogens is 470 g/mol. The van der Waals surface area contributed by atoms with E-state index in [1.165, 1.54) is 22.7 Å². The normalized spacial score (nSPS) is 15.1. The molecule has 1 aliphatic heterocycles. The van der Waals surface area contributed by atoms with Gasteiger partial charge in [-0.15, -0.1) is 0 Å². The first-order valence-corrected chi connectivity index (χ1v) is 12.8. The van der Waals surface area contributed by atoms with Crippen LogP contribution in [0.3, 0.4) is 0 Å². The summed E-state index contributed by atoms with van der Waals surface area (Å²) in [7, 11) is 0. The number of benzene rings is 2. The van der Waals surface area contributed by atoms with Gasteiger partial charge in [-0.2, -0.15) is 4.37 Å². The first-order valence-electron chi connectivity index (χ1n) is 11.7. The maximum absolute atomic E-state index is 11.2. The fraction of sp³-hybridized carbons (Fsp3) is 0.423. The number of piperidine rings is 1. The van der Waals surface area contributed by atoms with Crippen LogP contribution in [0.4, 0.5) is 0 Å². The van der Waals surface area contributed by atoms with Crippen molar-refractivity contribution in [1.29, 1.82) is 0 Å². The third-order valence-electron chi connectivity index (χ3n) is 6.29. The van der Waals surface area contributed by atoms with Crippen molar-refractivity contribution in [2.75, 3.05) is 19.6 Å². The van der Waals surface area contributed by atoms with Crippen LogP contribution in [0.15, 0.2) is 36.4 Å². The number of aromatic nitrogens is 2. The SMILES string of the molecule is Cc1c(CCN2CCC(C(=O)O)CC2)cccc1-c1nsc(-c2ccc(OC(C)C)c(Cl)c2)n1.